The number of carbonyl (C=O) groups is 1. The van der Waals surface area contributed by atoms with Gasteiger partial charge < -0.3 is 15.7 Å². The summed E-state index contributed by atoms with van der Waals surface area (Å²) in [5.74, 6) is 0.590. The molecule has 0 aromatic heterocycles. The SMILES string of the molecule is CC(C)(C)N(C(=O)O)[C@H]1CC[C@H](CN)CC1.Cl. The van der Waals surface area contributed by atoms with E-state index in [1.807, 2.05) is 20.8 Å². The third-order valence-corrected chi connectivity index (χ3v) is 3.44. The first-order valence-corrected chi connectivity index (χ1v) is 6.08. The maximum Gasteiger partial charge on any atom is 0.407 e. The van der Waals surface area contributed by atoms with Crippen LogP contribution in [0.4, 0.5) is 4.79 Å². The van der Waals surface area contributed by atoms with Gasteiger partial charge in [-0.1, -0.05) is 0 Å². The first-order chi connectivity index (χ1) is 7.36. The molecular formula is C12H25ClN2O2. The van der Waals surface area contributed by atoms with Crippen LogP contribution < -0.4 is 5.73 Å². The van der Waals surface area contributed by atoms with E-state index in [2.05, 4.69) is 0 Å². The molecule has 3 N–H and O–H groups in total. The number of nitrogens with zero attached hydrogens (tertiary/aromatic N) is 1. The van der Waals surface area contributed by atoms with Gasteiger partial charge in [-0.2, -0.15) is 0 Å². The second kappa shape index (κ2) is 6.45. The first-order valence-electron chi connectivity index (χ1n) is 6.08. The van der Waals surface area contributed by atoms with Gasteiger partial charge in [-0.05, 0) is 58.9 Å². The molecule has 1 aliphatic carbocycles. The largest absolute Gasteiger partial charge is 0.465 e. The molecule has 1 aliphatic rings. The number of hydrogen-bond acceptors (Lipinski definition) is 2. The zero-order chi connectivity index (χ0) is 12.3. The van der Waals surface area contributed by atoms with Crippen LogP contribution >= 0.6 is 12.4 Å². The molecule has 1 amide bonds. The fourth-order valence-electron chi connectivity index (χ4n) is 2.63. The van der Waals surface area contributed by atoms with E-state index in [0.29, 0.717) is 5.92 Å². The summed E-state index contributed by atoms with van der Waals surface area (Å²) < 4.78 is 0. The highest BCUT2D eigenvalue weighted by molar-refractivity contribution is 5.85. The van der Waals surface area contributed by atoms with Crippen molar-refractivity contribution in [3.8, 4) is 0 Å². The van der Waals surface area contributed by atoms with E-state index in [0.717, 1.165) is 32.2 Å². The maximum atomic E-state index is 11.3. The lowest BCUT2D eigenvalue weighted by molar-refractivity contribution is 0.0510. The van der Waals surface area contributed by atoms with E-state index in [1.54, 1.807) is 4.90 Å². The summed E-state index contributed by atoms with van der Waals surface area (Å²) in [6.45, 7) is 6.59. The average molecular weight is 265 g/mol. The molecule has 0 heterocycles. The smallest absolute Gasteiger partial charge is 0.407 e. The Morgan fingerprint density at radius 3 is 2.06 bits per heavy atom. The number of halogens is 1. The molecule has 0 unspecified atom stereocenters. The molecule has 0 radical (unpaired) electrons. The molecule has 0 spiro atoms. The van der Waals surface area contributed by atoms with Crippen molar-refractivity contribution in [2.24, 2.45) is 11.7 Å². The normalized spacial score (nSPS) is 24.9. The van der Waals surface area contributed by atoms with Crippen molar-refractivity contribution < 1.29 is 9.90 Å². The van der Waals surface area contributed by atoms with Crippen LogP contribution in [0.2, 0.25) is 0 Å². The molecule has 0 aromatic carbocycles. The number of nitrogens with two attached hydrogens (primary N) is 1. The summed E-state index contributed by atoms with van der Waals surface area (Å²) in [7, 11) is 0. The Morgan fingerprint density at radius 1 is 1.29 bits per heavy atom. The number of rotatable bonds is 2. The lowest BCUT2D eigenvalue weighted by Crippen LogP contribution is -2.52. The minimum Gasteiger partial charge on any atom is -0.465 e. The Balaban J connectivity index is 0.00000256. The van der Waals surface area contributed by atoms with Crippen LogP contribution in [0.5, 0.6) is 0 Å². The molecule has 1 saturated carbocycles. The van der Waals surface area contributed by atoms with E-state index >= 15 is 0 Å². The molecule has 17 heavy (non-hydrogen) atoms. The molecule has 1 rings (SSSR count). The summed E-state index contributed by atoms with van der Waals surface area (Å²) in [5.41, 5.74) is 5.33. The van der Waals surface area contributed by atoms with E-state index < -0.39 is 6.09 Å². The molecule has 4 nitrogen and oxygen atoms in total. The van der Waals surface area contributed by atoms with Gasteiger partial charge in [0.1, 0.15) is 0 Å². The lowest BCUT2D eigenvalue weighted by atomic mass is 9.84. The molecule has 0 atom stereocenters. The monoisotopic (exact) mass is 264 g/mol. The summed E-state index contributed by atoms with van der Waals surface area (Å²) in [4.78, 5) is 12.9. The molecule has 5 heteroatoms. The van der Waals surface area contributed by atoms with Gasteiger partial charge in [0.2, 0.25) is 0 Å². The zero-order valence-electron chi connectivity index (χ0n) is 11.0. The summed E-state index contributed by atoms with van der Waals surface area (Å²) in [6.07, 6.45) is 3.21. The van der Waals surface area contributed by atoms with Gasteiger partial charge in [-0.3, -0.25) is 0 Å². The number of carboxylic acid groups (broad SMARTS) is 1. The van der Waals surface area contributed by atoms with Crippen molar-refractivity contribution in [2.45, 2.75) is 58.0 Å². The van der Waals surface area contributed by atoms with Crippen molar-refractivity contribution in [2.75, 3.05) is 6.54 Å². The van der Waals surface area contributed by atoms with E-state index in [1.165, 1.54) is 0 Å². The van der Waals surface area contributed by atoms with Crippen molar-refractivity contribution >= 4 is 18.5 Å². The van der Waals surface area contributed by atoms with Gasteiger partial charge in [-0.15, -0.1) is 12.4 Å². The van der Waals surface area contributed by atoms with E-state index in [-0.39, 0.29) is 24.0 Å². The van der Waals surface area contributed by atoms with Crippen LogP contribution in [0.3, 0.4) is 0 Å². The van der Waals surface area contributed by atoms with Crippen LogP contribution in [0.1, 0.15) is 46.5 Å². The molecule has 0 aliphatic heterocycles. The summed E-state index contributed by atoms with van der Waals surface area (Å²) in [5, 5.41) is 9.29. The van der Waals surface area contributed by atoms with Crippen LogP contribution in [0.15, 0.2) is 0 Å². The molecular weight excluding hydrogens is 240 g/mol. The predicted molar refractivity (Wildman–Crippen MR) is 71.7 cm³/mol. The average Bonchev–Trinajstić information content (AvgIpc) is 2.16. The Hall–Kier alpha value is -0.480. The van der Waals surface area contributed by atoms with Crippen LogP contribution in [0.25, 0.3) is 0 Å². The minimum atomic E-state index is -0.802. The van der Waals surface area contributed by atoms with Crippen molar-refractivity contribution in [1.29, 1.82) is 0 Å². The van der Waals surface area contributed by atoms with Gasteiger partial charge in [0, 0.05) is 11.6 Å². The Labute approximate surface area is 110 Å². The van der Waals surface area contributed by atoms with Gasteiger partial charge >= 0.3 is 6.09 Å². The van der Waals surface area contributed by atoms with Gasteiger partial charge in [0.25, 0.3) is 0 Å². The Kier molecular flexibility index (Phi) is 6.27. The highest BCUT2D eigenvalue weighted by Crippen LogP contribution is 2.30. The molecule has 0 aromatic rings. The van der Waals surface area contributed by atoms with Crippen molar-refractivity contribution in [3.05, 3.63) is 0 Å². The summed E-state index contributed by atoms with van der Waals surface area (Å²) >= 11 is 0. The second-order valence-electron chi connectivity index (χ2n) is 5.73. The van der Waals surface area contributed by atoms with Crippen molar-refractivity contribution in [3.63, 3.8) is 0 Å². The number of amides is 1. The minimum absolute atomic E-state index is 0. The lowest BCUT2D eigenvalue weighted by Gasteiger charge is -2.42. The first kappa shape index (κ1) is 16.5. The quantitative estimate of drug-likeness (QED) is 0.806. The molecule has 0 bridgehead atoms. The van der Waals surface area contributed by atoms with E-state index in [9.17, 15) is 9.90 Å². The third kappa shape index (κ3) is 4.36. The van der Waals surface area contributed by atoms with Crippen LogP contribution in [-0.2, 0) is 0 Å². The Bertz CT molecular complexity index is 245. The van der Waals surface area contributed by atoms with Gasteiger partial charge in [0.15, 0.2) is 0 Å². The fraction of sp³-hybridized carbons (Fsp3) is 0.917. The second-order valence-corrected chi connectivity index (χ2v) is 5.73. The van der Waals surface area contributed by atoms with Crippen molar-refractivity contribution in [1.82, 2.24) is 4.90 Å². The third-order valence-electron chi connectivity index (χ3n) is 3.44. The van der Waals surface area contributed by atoms with E-state index in [4.69, 9.17) is 5.73 Å². The standard InChI is InChI=1S/C12H24N2O2.ClH/c1-12(2,3)14(11(15)16)10-6-4-9(8-13)5-7-10;/h9-10H,4-8,13H2,1-3H3,(H,15,16);1H/t9-,10-;. The maximum absolute atomic E-state index is 11.3. The highest BCUT2D eigenvalue weighted by Gasteiger charge is 2.35. The highest BCUT2D eigenvalue weighted by atomic mass is 35.5. The molecule has 1 fully saturated rings. The summed E-state index contributed by atoms with van der Waals surface area (Å²) in [6, 6.07) is 0.167. The van der Waals surface area contributed by atoms with Crippen LogP contribution in [-0.4, -0.2) is 34.2 Å². The predicted octanol–water partition coefficient (Wildman–Crippen LogP) is 2.70. The van der Waals surface area contributed by atoms with Gasteiger partial charge in [0.05, 0.1) is 0 Å². The fourth-order valence-corrected chi connectivity index (χ4v) is 2.63. The Morgan fingerprint density at radius 2 is 1.76 bits per heavy atom. The zero-order valence-corrected chi connectivity index (χ0v) is 11.8. The molecule has 102 valence electrons. The topological polar surface area (TPSA) is 66.6 Å². The molecule has 0 saturated heterocycles. The van der Waals surface area contributed by atoms with Gasteiger partial charge in [-0.25, -0.2) is 4.79 Å². The number of hydrogen-bond donors (Lipinski definition) is 2. The van der Waals surface area contributed by atoms with Crippen LogP contribution in [0, 0.1) is 5.92 Å².